The molecule has 0 radical (unpaired) electrons. The van der Waals surface area contributed by atoms with Crippen molar-refractivity contribution < 1.29 is 4.79 Å². The Bertz CT molecular complexity index is 488. The van der Waals surface area contributed by atoms with E-state index in [9.17, 15) is 4.79 Å². The largest absolute Gasteiger partial charge is 0.395 e. The highest BCUT2D eigenvalue weighted by Gasteiger charge is 2.64. The first-order valence-corrected chi connectivity index (χ1v) is 6.84. The van der Waals surface area contributed by atoms with Crippen LogP contribution in [0, 0.1) is 16.7 Å². The number of hydrogen-bond donors (Lipinski definition) is 3. The maximum Gasteiger partial charge on any atom is 0.273 e. The summed E-state index contributed by atoms with van der Waals surface area (Å²) in [5, 5.41) is 9.75. The van der Waals surface area contributed by atoms with E-state index in [1.807, 2.05) is 6.92 Å². The van der Waals surface area contributed by atoms with Crippen LogP contribution in [0.3, 0.4) is 0 Å². The lowest BCUT2D eigenvalue weighted by Crippen LogP contribution is -2.28. The number of carbonyl (C=O) groups excluding carboxylic acids is 1. The summed E-state index contributed by atoms with van der Waals surface area (Å²) in [7, 11) is 0. The number of hydrogen-bond acceptors (Lipinski definition) is 3. The molecule has 1 saturated carbocycles. The van der Waals surface area contributed by atoms with Gasteiger partial charge in [0.05, 0.1) is 11.4 Å². The number of rotatable bonds is 4. The van der Waals surface area contributed by atoms with Crippen molar-refractivity contribution in [3.8, 4) is 0 Å². The fourth-order valence-corrected chi connectivity index (χ4v) is 2.95. The van der Waals surface area contributed by atoms with Crippen molar-refractivity contribution >= 4 is 11.6 Å². The zero-order valence-corrected chi connectivity index (χ0v) is 12.4. The van der Waals surface area contributed by atoms with Gasteiger partial charge in [-0.05, 0) is 23.2 Å². The Balaban J connectivity index is 1.98. The van der Waals surface area contributed by atoms with Crippen molar-refractivity contribution in [1.29, 1.82) is 0 Å². The molecule has 1 amide bonds. The number of nitrogens with two attached hydrogens (primary N) is 1. The van der Waals surface area contributed by atoms with Crippen molar-refractivity contribution in [2.75, 3.05) is 12.3 Å². The zero-order chi connectivity index (χ0) is 14.4. The van der Waals surface area contributed by atoms with Crippen LogP contribution in [0.5, 0.6) is 0 Å². The number of H-pyrrole nitrogens is 1. The van der Waals surface area contributed by atoms with E-state index >= 15 is 0 Å². The summed E-state index contributed by atoms with van der Waals surface area (Å²) in [5.41, 5.74) is 8.03. The molecule has 0 saturated heterocycles. The number of aromatic nitrogens is 2. The van der Waals surface area contributed by atoms with Crippen LogP contribution in [0.25, 0.3) is 0 Å². The van der Waals surface area contributed by atoms with E-state index in [0.29, 0.717) is 23.8 Å². The van der Waals surface area contributed by atoms with Crippen LogP contribution in [-0.2, 0) is 6.42 Å². The van der Waals surface area contributed by atoms with E-state index in [4.69, 9.17) is 5.73 Å². The predicted octanol–water partition coefficient (Wildman–Crippen LogP) is 1.97. The first-order chi connectivity index (χ1) is 8.73. The summed E-state index contributed by atoms with van der Waals surface area (Å²) >= 11 is 0. The minimum Gasteiger partial charge on any atom is -0.395 e. The van der Waals surface area contributed by atoms with E-state index in [0.717, 1.165) is 12.1 Å². The van der Waals surface area contributed by atoms with Crippen LogP contribution in [-0.4, -0.2) is 22.6 Å². The van der Waals surface area contributed by atoms with Gasteiger partial charge >= 0.3 is 0 Å². The summed E-state index contributed by atoms with van der Waals surface area (Å²) in [6.45, 7) is 11.6. The molecule has 1 aliphatic carbocycles. The average molecular weight is 264 g/mol. The minimum atomic E-state index is -0.188. The zero-order valence-electron chi connectivity index (χ0n) is 12.4. The summed E-state index contributed by atoms with van der Waals surface area (Å²) < 4.78 is 0. The van der Waals surface area contributed by atoms with Gasteiger partial charge in [0, 0.05) is 6.54 Å². The summed E-state index contributed by atoms with van der Waals surface area (Å²) in [6, 6.07) is 0. The topological polar surface area (TPSA) is 83.8 Å². The Morgan fingerprint density at radius 2 is 1.95 bits per heavy atom. The van der Waals surface area contributed by atoms with Gasteiger partial charge in [0.2, 0.25) is 0 Å². The van der Waals surface area contributed by atoms with Crippen LogP contribution in [0.15, 0.2) is 0 Å². The van der Waals surface area contributed by atoms with Crippen molar-refractivity contribution in [2.24, 2.45) is 16.7 Å². The standard InChI is InChI=1S/C14H24N4O/c1-6-8-10(15)11(18-17-8)12(19)16-7-9-13(2,3)14(9,4)5/h9H,6-7,15H2,1-5H3,(H,16,19)(H,17,18). The third kappa shape index (κ3) is 2.01. The molecule has 1 heterocycles. The van der Waals surface area contributed by atoms with Gasteiger partial charge in [0.25, 0.3) is 5.91 Å². The smallest absolute Gasteiger partial charge is 0.273 e. The molecule has 5 heteroatoms. The molecule has 1 aromatic rings. The molecule has 1 aliphatic rings. The Morgan fingerprint density at radius 3 is 2.37 bits per heavy atom. The Morgan fingerprint density at radius 1 is 1.37 bits per heavy atom. The molecule has 5 nitrogen and oxygen atoms in total. The Kier molecular flexibility index (Phi) is 3.11. The molecule has 0 unspecified atom stereocenters. The summed E-state index contributed by atoms with van der Waals surface area (Å²) in [5.74, 6) is 0.307. The number of nitrogen functional groups attached to an aromatic ring is 1. The SMILES string of the molecule is CCc1[nH]nc(C(=O)NCC2C(C)(C)C2(C)C)c1N. The van der Waals surface area contributed by atoms with E-state index in [1.165, 1.54) is 0 Å². The lowest BCUT2D eigenvalue weighted by molar-refractivity contribution is 0.0946. The van der Waals surface area contributed by atoms with E-state index < -0.39 is 0 Å². The first kappa shape index (κ1) is 13.9. The number of anilines is 1. The fraction of sp³-hybridized carbons (Fsp3) is 0.714. The number of nitrogens with one attached hydrogen (secondary N) is 2. The summed E-state index contributed by atoms with van der Waals surface area (Å²) in [4.78, 5) is 12.1. The molecular formula is C14H24N4O. The monoisotopic (exact) mass is 264 g/mol. The molecule has 2 rings (SSSR count). The van der Waals surface area contributed by atoms with Gasteiger partial charge in [-0.25, -0.2) is 0 Å². The van der Waals surface area contributed by atoms with Gasteiger partial charge in [-0.15, -0.1) is 0 Å². The molecular weight excluding hydrogens is 240 g/mol. The van der Waals surface area contributed by atoms with Gasteiger partial charge in [-0.1, -0.05) is 34.6 Å². The van der Waals surface area contributed by atoms with E-state index in [1.54, 1.807) is 0 Å². The third-order valence-electron chi connectivity index (χ3n) is 5.24. The number of carbonyl (C=O) groups is 1. The maximum atomic E-state index is 12.1. The van der Waals surface area contributed by atoms with Crippen LogP contribution in [0.4, 0.5) is 5.69 Å². The lowest BCUT2D eigenvalue weighted by Gasteiger charge is -2.05. The number of aromatic amines is 1. The number of aryl methyl sites for hydroxylation is 1. The normalized spacial score (nSPS) is 20.3. The average Bonchev–Trinajstić information content (AvgIpc) is 2.63. The van der Waals surface area contributed by atoms with Crippen molar-refractivity contribution in [3.63, 3.8) is 0 Å². The van der Waals surface area contributed by atoms with Gasteiger partial charge in [-0.2, -0.15) is 5.10 Å². The molecule has 0 atom stereocenters. The molecule has 0 spiro atoms. The van der Waals surface area contributed by atoms with Crippen LogP contribution < -0.4 is 11.1 Å². The predicted molar refractivity (Wildman–Crippen MR) is 75.8 cm³/mol. The van der Waals surface area contributed by atoms with Crippen molar-refractivity contribution in [1.82, 2.24) is 15.5 Å². The third-order valence-corrected chi connectivity index (χ3v) is 5.24. The van der Waals surface area contributed by atoms with Crippen LogP contribution >= 0.6 is 0 Å². The Hall–Kier alpha value is -1.52. The molecule has 0 aliphatic heterocycles. The van der Waals surface area contributed by atoms with Gasteiger partial charge in [0.15, 0.2) is 5.69 Å². The quantitative estimate of drug-likeness (QED) is 0.777. The second-order valence-corrected chi connectivity index (χ2v) is 6.52. The van der Waals surface area contributed by atoms with Crippen LogP contribution in [0.1, 0.15) is 50.8 Å². The summed E-state index contributed by atoms with van der Waals surface area (Å²) in [6.07, 6.45) is 0.745. The number of amides is 1. The van der Waals surface area contributed by atoms with Crippen molar-refractivity contribution in [2.45, 2.75) is 41.0 Å². The highest BCUT2D eigenvalue weighted by molar-refractivity contribution is 5.97. The fourth-order valence-electron chi connectivity index (χ4n) is 2.95. The maximum absolute atomic E-state index is 12.1. The van der Waals surface area contributed by atoms with Gasteiger partial charge in [-0.3, -0.25) is 9.89 Å². The first-order valence-electron chi connectivity index (χ1n) is 6.84. The molecule has 0 bridgehead atoms. The second-order valence-electron chi connectivity index (χ2n) is 6.52. The highest BCUT2D eigenvalue weighted by Crippen LogP contribution is 2.67. The lowest BCUT2D eigenvalue weighted by atomic mass is 10.0. The number of nitrogens with zero attached hydrogens (tertiary/aromatic N) is 1. The molecule has 19 heavy (non-hydrogen) atoms. The molecule has 4 N–H and O–H groups in total. The van der Waals surface area contributed by atoms with Gasteiger partial charge < -0.3 is 11.1 Å². The van der Waals surface area contributed by atoms with Gasteiger partial charge in [0.1, 0.15) is 0 Å². The van der Waals surface area contributed by atoms with Crippen molar-refractivity contribution in [3.05, 3.63) is 11.4 Å². The Labute approximate surface area is 114 Å². The molecule has 0 aromatic carbocycles. The van der Waals surface area contributed by atoms with Crippen LogP contribution in [0.2, 0.25) is 0 Å². The molecule has 1 aromatic heterocycles. The molecule has 106 valence electrons. The van der Waals surface area contributed by atoms with E-state index in [-0.39, 0.29) is 16.7 Å². The second kappa shape index (κ2) is 4.25. The molecule has 1 fully saturated rings. The highest BCUT2D eigenvalue weighted by atomic mass is 16.1. The minimum absolute atomic E-state index is 0.188. The van der Waals surface area contributed by atoms with E-state index in [2.05, 4.69) is 43.2 Å².